The molecule has 2 aromatic rings. The quantitative estimate of drug-likeness (QED) is 0.817. The molecule has 0 radical (unpaired) electrons. The number of carbonyl (C=O) groups excluding carboxylic acids is 1. The Morgan fingerprint density at radius 2 is 2.00 bits per heavy atom. The normalized spacial score (nSPS) is 12.0. The number of nitrogens with one attached hydrogen (secondary N) is 1. The van der Waals surface area contributed by atoms with E-state index >= 15 is 0 Å². The summed E-state index contributed by atoms with van der Waals surface area (Å²) in [6.07, 6.45) is 1.95. The maximum absolute atomic E-state index is 13.5. The predicted molar refractivity (Wildman–Crippen MR) is 86.9 cm³/mol. The fourth-order valence-electron chi connectivity index (χ4n) is 1.95. The molecule has 0 aromatic heterocycles. The van der Waals surface area contributed by atoms with Crippen LogP contribution in [-0.4, -0.2) is 23.9 Å². The summed E-state index contributed by atoms with van der Waals surface area (Å²) in [4.78, 5) is 13.2. The molecule has 1 unspecified atom stereocenters. The van der Waals surface area contributed by atoms with Crippen LogP contribution in [0.3, 0.4) is 0 Å². The number of benzene rings is 2. The molecule has 1 amide bonds. The minimum Gasteiger partial charge on any atom is -0.394 e. The van der Waals surface area contributed by atoms with Crippen LogP contribution in [-0.2, 0) is 0 Å². The molecule has 0 spiro atoms. The number of halogens is 2. The first-order valence-electron chi connectivity index (χ1n) is 6.56. The maximum atomic E-state index is 13.5. The molecule has 0 bridgehead atoms. The summed E-state index contributed by atoms with van der Waals surface area (Å²) in [5, 5.41) is 12.1. The lowest BCUT2D eigenvalue weighted by molar-refractivity contribution is 0.0916. The highest BCUT2D eigenvalue weighted by Gasteiger charge is 2.16. The van der Waals surface area contributed by atoms with Gasteiger partial charge in [0.2, 0.25) is 0 Å². The molecule has 0 aliphatic rings. The average molecular weight is 340 g/mol. The second kappa shape index (κ2) is 7.63. The van der Waals surface area contributed by atoms with Crippen molar-refractivity contribution in [3.63, 3.8) is 0 Å². The van der Waals surface area contributed by atoms with Crippen LogP contribution < -0.4 is 5.32 Å². The Labute approximate surface area is 137 Å². The van der Waals surface area contributed by atoms with Crippen LogP contribution in [0.1, 0.15) is 22.0 Å². The zero-order chi connectivity index (χ0) is 16.1. The van der Waals surface area contributed by atoms with Crippen molar-refractivity contribution in [1.29, 1.82) is 0 Å². The van der Waals surface area contributed by atoms with Gasteiger partial charge in [-0.05, 0) is 48.2 Å². The highest BCUT2D eigenvalue weighted by molar-refractivity contribution is 7.98. The van der Waals surface area contributed by atoms with E-state index in [0.29, 0.717) is 11.1 Å². The smallest absolute Gasteiger partial charge is 0.251 e. The van der Waals surface area contributed by atoms with Crippen LogP contribution in [0.4, 0.5) is 4.39 Å². The Morgan fingerprint density at radius 1 is 1.32 bits per heavy atom. The van der Waals surface area contributed by atoms with Gasteiger partial charge in [0.05, 0.1) is 17.7 Å². The Bertz CT molecular complexity index is 664. The van der Waals surface area contributed by atoms with Crippen LogP contribution in [0.25, 0.3) is 0 Å². The van der Waals surface area contributed by atoms with Gasteiger partial charge in [-0.1, -0.05) is 17.7 Å². The van der Waals surface area contributed by atoms with Gasteiger partial charge in [0.15, 0.2) is 0 Å². The van der Waals surface area contributed by atoms with Gasteiger partial charge >= 0.3 is 0 Å². The van der Waals surface area contributed by atoms with E-state index in [-0.39, 0.29) is 17.5 Å². The van der Waals surface area contributed by atoms with Crippen LogP contribution in [0, 0.1) is 5.82 Å². The van der Waals surface area contributed by atoms with Gasteiger partial charge in [-0.3, -0.25) is 4.79 Å². The van der Waals surface area contributed by atoms with Crippen molar-refractivity contribution in [2.24, 2.45) is 0 Å². The fourth-order valence-corrected chi connectivity index (χ4v) is 2.47. The van der Waals surface area contributed by atoms with Crippen molar-refractivity contribution >= 4 is 29.3 Å². The third-order valence-corrected chi connectivity index (χ3v) is 4.24. The number of rotatable bonds is 5. The fraction of sp³-hybridized carbons (Fsp3) is 0.188. The first-order valence-corrected chi connectivity index (χ1v) is 8.16. The second-order valence-corrected chi connectivity index (χ2v) is 5.90. The Hall–Kier alpha value is -1.56. The molecule has 0 saturated heterocycles. The number of hydrogen-bond acceptors (Lipinski definition) is 3. The van der Waals surface area contributed by atoms with E-state index in [1.807, 2.05) is 18.4 Å². The monoisotopic (exact) mass is 339 g/mol. The third-order valence-electron chi connectivity index (χ3n) is 3.19. The molecule has 0 aliphatic heterocycles. The largest absolute Gasteiger partial charge is 0.394 e. The van der Waals surface area contributed by atoms with Gasteiger partial charge in [0.1, 0.15) is 5.82 Å². The van der Waals surface area contributed by atoms with E-state index in [1.54, 1.807) is 30.0 Å². The van der Waals surface area contributed by atoms with Crippen molar-refractivity contribution in [2.75, 3.05) is 12.9 Å². The lowest BCUT2D eigenvalue weighted by Crippen LogP contribution is -2.30. The third kappa shape index (κ3) is 4.00. The summed E-state index contributed by atoms with van der Waals surface area (Å²) >= 11 is 7.21. The molecule has 2 N–H and O–H groups in total. The lowest BCUT2D eigenvalue weighted by Gasteiger charge is -2.17. The predicted octanol–water partition coefficient (Wildman–Crippen LogP) is 3.66. The molecule has 0 aliphatic carbocycles. The number of thioether (sulfide) groups is 1. The van der Waals surface area contributed by atoms with Crippen molar-refractivity contribution in [1.82, 2.24) is 5.32 Å². The Kier molecular flexibility index (Phi) is 5.83. The van der Waals surface area contributed by atoms with Gasteiger partial charge in [-0.25, -0.2) is 4.39 Å². The molecular weight excluding hydrogens is 325 g/mol. The lowest BCUT2D eigenvalue weighted by atomic mass is 10.1. The Morgan fingerprint density at radius 3 is 2.55 bits per heavy atom. The molecule has 1 atom stereocenters. The number of aliphatic hydroxyl groups excluding tert-OH is 1. The average Bonchev–Trinajstić information content (AvgIpc) is 2.55. The van der Waals surface area contributed by atoms with Gasteiger partial charge in [-0.2, -0.15) is 0 Å². The summed E-state index contributed by atoms with van der Waals surface area (Å²) < 4.78 is 13.5. The van der Waals surface area contributed by atoms with Crippen LogP contribution >= 0.6 is 23.4 Å². The molecule has 0 saturated carbocycles. The standard InChI is InChI=1S/C16H15ClFNO2S/c1-22-12-5-2-10(3-6-12)16(21)19-15(9-20)11-4-7-13(17)14(18)8-11/h2-8,15,20H,9H2,1H3,(H,19,21). The first-order chi connectivity index (χ1) is 10.5. The maximum Gasteiger partial charge on any atom is 0.251 e. The molecule has 2 aromatic carbocycles. The number of carbonyl (C=O) groups is 1. The van der Waals surface area contributed by atoms with E-state index in [0.717, 1.165) is 4.90 Å². The molecule has 6 heteroatoms. The molecular formula is C16H15ClFNO2S. The summed E-state index contributed by atoms with van der Waals surface area (Å²) in [7, 11) is 0. The molecule has 2 rings (SSSR count). The van der Waals surface area contributed by atoms with E-state index in [1.165, 1.54) is 12.1 Å². The summed E-state index contributed by atoms with van der Waals surface area (Å²) in [5.74, 6) is -0.918. The minimum absolute atomic E-state index is 0.000536. The number of amides is 1. The van der Waals surface area contributed by atoms with Gasteiger partial charge < -0.3 is 10.4 Å². The van der Waals surface area contributed by atoms with E-state index < -0.39 is 11.9 Å². The molecule has 0 fully saturated rings. The molecule has 22 heavy (non-hydrogen) atoms. The minimum atomic E-state index is -0.695. The summed E-state index contributed by atoms with van der Waals surface area (Å²) in [6.45, 7) is -0.338. The first kappa shape index (κ1) is 16.8. The van der Waals surface area contributed by atoms with Gasteiger partial charge in [-0.15, -0.1) is 11.8 Å². The molecule has 0 heterocycles. The van der Waals surface area contributed by atoms with E-state index in [2.05, 4.69) is 5.32 Å². The van der Waals surface area contributed by atoms with Crippen molar-refractivity contribution in [3.05, 3.63) is 64.4 Å². The van der Waals surface area contributed by atoms with E-state index in [9.17, 15) is 14.3 Å². The second-order valence-electron chi connectivity index (χ2n) is 4.61. The van der Waals surface area contributed by atoms with Crippen LogP contribution in [0.5, 0.6) is 0 Å². The number of aliphatic hydroxyl groups is 1. The summed E-state index contributed by atoms with van der Waals surface area (Å²) in [6, 6.07) is 10.6. The van der Waals surface area contributed by atoms with Crippen LogP contribution in [0.15, 0.2) is 47.4 Å². The highest BCUT2D eigenvalue weighted by Crippen LogP contribution is 2.21. The van der Waals surface area contributed by atoms with Crippen molar-refractivity contribution < 1.29 is 14.3 Å². The topological polar surface area (TPSA) is 49.3 Å². The van der Waals surface area contributed by atoms with Crippen LogP contribution in [0.2, 0.25) is 5.02 Å². The van der Waals surface area contributed by atoms with Gasteiger partial charge in [0.25, 0.3) is 5.91 Å². The zero-order valence-corrected chi connectivity index (χ0v) is 13.4. The van der Waals surface area contributed by atoms with Crippen molar-refractivity contribution in [2.45, 2.75) is 10.9 Å². The zero-order valence-electron chi connectivity index (χ0n) is 11.8. The van der Waals surface area contributed by atoms with Gasteiger partial charge in [0, 0.05) is 10.5 Å². The Balaban J connectivity index is 2.14. The summed E-state index contributed by atoms with van der Waals surface area (Å²) in [5.41, 5.74) is 0.934. The highest BCUT2D eigenvalue weighted by atomic mass is 35.5. The SMILES string of the molecule is CSc1ccc(C(=O)NC(CO)c2ccc(Cl)c(F)c2)cc1. The molecule has 116 valence electrons. The van der Waals surface area contributed by atoms with Crippen molar-refractivity contribution in [3.8, 4) is 0 Å². The molecule has 3 nitrogen and oxygen atoms in total. The number of hydrogen-bond donors (Lipinski definition) is 2. The van der Waals surface area contributed by atoms with E-state index in [4.69, 9.17) is 11.6 Å².